The van der Waals surface area contributed by atoms with Gasteiger partial charge in [0, 0.05) is 54.6 Å². The molecule has 6 heterocycles. The van der Waals surface area contributed by atoms with Crippen LogP contribution < -0.4 is 4.72 Å². The molecule has 0 aliphatic carbocycles. The highest BCUT2D eigenvalue weighted by atomic mass is 32.2. The van der Waals surface area contributed by atoms with Gasteiger partial charge >= 0.3 is 0 Å². The summed E-state index contributed by atoms with van der Waals surface area (Å²) in [6.45, 7) is 3.08. The Morgan fingerprint density at radius 2 is 1.77 bits per heavy atom. The van der Waals surface area contributed by atoms with Crippen LogP contribution in [0.4, 0.5) is 4.39 Å². The van der Waals surface area contributed by atoms with Gasteiger partial charge in [0.1, 0.15) is 17.0 Å². The van der Waals surface area contributed by atoms with Crippen molar-refractivity contribution in [1.82, 2.24) is 44.7 Å². The Morgan fingerprint density at radius 3 is 2.60 bits per heavy atom. The van der Waals surface area contributed by atoms with E-state index >= 15 is 0 Å². The second-order valence-electron chi connectivity index (χ2n) is 10.8. The number of hydrogen-bond acceptors (Lipinski definition) is 8. The topological polar surface area (TPSA) is 145 Å². The first-order chi connectivity index (χ1) is 20.8. The number of rotatable bonds is 8. The molecule has 5 aromatic heterocycles. The maximum Gasteiger partial charge on any atom is 0.209 e. The largest absolute Gasteiger partial charge is 0.321 e. The number of benzene rings is 1. The number of halogens is 1. The zero-order chi connectivity index (χ0) is 29.6. The monoisotopic (exact) mass is 597 g/mol. The van der Waals surface area contributed by atoms with Crippen LogP contribution >= 0.6 is 0 Å². The van der Waals surface area contributed by atoms with Crippen molar-refractivity contribution in [3.63, 3.8) is 0 Å². The van der Waals surface area contributed by atoms with E-state index in [-0.39, 0.29) is 6.54 Å². The number of likely N-dealkylation sites (tertiary alicyclic amines) is 1. The summed E-state index contributed by atoms with van der Waals surface area (Å²) in [6.07, 6.45) is 10.7. The van der Waals surface area contributed by atoms with Gasteiger partial charge in [0.25, 0.3) is 0 Å². The lowest BCUT2D eigenvalue weighted by atomic mass is 10.0. The molecule has 0 atom stereocenters. The second kappa shape index (κ2) is 10.9. The Hall–Kier alpha value is -4.59. The van der Waals surface area contributed by atoms with E-state index < -0.39 is 15.8 Å². The fourth-order valence-corrected chi connectivity index (χ4v) is 5.98. The Labute approximate surface area is 246 Å². The summed E-state index contributed by atoms with van der Waals surface area (Å²) in [4.78, 5) is 24.0. The smallest absolute Gasteiger partial charge is 0.209 e. The Morgan fingerprint density at radius 1 is 0.953 bits per heavy atom. The molecule has 0 spiro atoms. The predicted octanol–water partition coefficient (Wildman–Crippen LogP) is 4.41. The van der Waals surface area contributed by atoms with Gasteiger partial charge in [0.2, 0.25) is 10.0 Å². The molecule has 1 aliphatic heterocycles. The summed E-state index contributed by atoms with van der Waals surface area (Å²) in [7, 11) is -3.44. The third-order valence-electron chi connectivity index (χ3n) is 7.57. The molecule has 218 valence electrons. The highest BCUT2D eigenvalue weighted by Gasteiger charge is 2.18. The van der Waals surface area contributed by atoms with Crippen LogP contribution in [0.3, 0.4) is 0 Å². The average molecular weight is 598 g/mol. The number of pyridine rings is 3. The number of fused-ring (bicyclic) bond motifs is 2. The molecule has 1 saturated heterocycles. The second-order valence-corrected chi connectivity index (χ2v) is 12.7. The van der Waals surface area contributed by atoms with E-state index in [2.05, 4.69) is 45.8 Å². The van der Waals surface area contributed by atoms with Gasteiger partial charge in [-0.3, -0.25) is 15.0 Å². The fourth-order valence-electron chi connectivity index (χ4n) is 5.55. The molecule has 1 aromatic carbocycles. The minimum Gasteiger partial charge on any atom is -0.321 e. The number of nitrogens with one attached hydrogen (secondary N) is 3. The molecule has 13 heteroatoms. The van der Waals surface area contributed by atoms with Gasteiger partial charge in [-0.1, -0.05) is 0 Å². The van der Waals surface area contributed by atoms with Gasteiger partial charge in [-0.15, -0.1) is 0 Å². The summed E-state index contributed by atoms with van der Waals surface area (Å²) in [5, 5.41) is 8.27. The van der Waals surface area contributed by atoms with Gasteiger partial charge in [0.05, 0.1) is 11.6 Å². The molecular weight excluding hydrogens is 569 g/mol. The number of aromatic nitrogens is 7. The van der Waals surface area contributed by atoms with Gasteiger partial charge in [0.15, 0.2) is 17.1 Å². The molecule has 0 saturated carbocycles. The highest BCUT2D eigenvalue weighted by molar-refractivity contribution is 7.88. The highest BCUT2D eigenvalue weighted by Crippen LogP contribution is 2.32. The number of sulfonamides is 1. The molecule has 1 aliphatic rings. The maximum atomic E-state index is 14.6. The van der Waals surface area contributed by atoms with Crippen LogP contribution in [-0.2, 0) is 23.1 Å². The van der Waals surface area contributed by atoms with Crippen molar-refractivity contribution >= 4 is 32.2 Å². The Kier molecular flexibility index (Phi) is 6.92. The number of H-pyrrole nitrogens is 2. The normalized spacial score (nSPS) is 14.3. The summed E-state index contributed by atoms with van der Waals surface area (Å²) in [5.74, 6) is -0.00385. The minimum absolute atomic E-state index is 0.0328. The van der Waals surface area contributed by atoms with Crippen LogP contribution in [0.15, 0.2) is 61.2 Å². The van der Waals surface area contributed by atoms with Crippen LogP contribution in [0.2, 0.25) is 0 Å². The zero-order valence-corrected chi connectivity index (χ0v) is 24.1. The van der Waals surface area contributed by atoms with Crippen molar-refractivity contribution in [2.24, 2.45) is 0 Å². The summed E-state index contributed by atoms with van der Waals surface area (Å²) in [6, 6.07) is 10.3. The number of hydrogen-bond donors (Lipinski definition) is 3. The van der Waals surface area contributed by atoms with E-state index in [0.717, 1.165) is 48.0 Å². The maximum absolute atomic E-state index is 14.6. The van der Waals surface area contributed by atoms with E-state index in [9.17, 15) is 12.8 Å². The van der Waals surface area contributed by atoms with E-state index in [1.807, 2.05) is 18.5 Å². The molecule has 1 fully saturated rings. The van der Waals surface area contributed by atoms with Crippen molar-refractivity contribution < 1.29 is 12.8 Å². The van der Waals surface area contributed by atoms with Crippen LogP contribution in [0.25, 0.3) is 56.0 Å². The first kappa shape index (κ1) is 27.3. The first-order valence-corrected chi connectivity index (χ1v) is 15.8. The van der Waals surface area contributed by atoms with Crippen molar-refractivity contribution in [2.45, 2.75) is 25.9 Å². The molecule has 7 rings (SSSR count). The molecular formula is C30H28FN9O2S. The van der Waals surface area contributed by atoms with Gasteiger partial charge in [-0.25, -0.2) is 32.5 Å². The van der Waals surface area contributed by atoms with Crippen LogP contribution in [0.1, 0.15) is 24.0 Å². The predicted molar refractivity (Wildman–Crippen MR) is 162 cm³/mol. The SMILES string of the molecule is CS(=O)(=O)NCc1cc(F)cc(-c2ccnc3[nH]c(-c4n[nH]c5ncc(-c6cncc(CN7CCCC7)c6)cc45)nc23)c1. The summed E-state index contributed by atoms with van der Waals surface area (Å²) in [5.41, 5.74) is 6.95. The van der Waals surface area contributed by atoms with Crippen LogP contribution in [0.5, 0.6) is 0 Å². The molecule has 43 heavy (non-hydrogen) atoms. The van der Waals surface area contributed by atoms with Gasteiger partial charge in [-0.05, 0) is 79.0 Å². The first-order valence-electron chi connectivity index (χ1n) is 13.9. The number of nitrogens with zero attached hydrogens (tertiary/aromatic N) is 6. The lowest BCUT2D eigenvalue weighted by molar-refractivity contribution is 0.331. The Balaban J connectivity index is 1.24. The zero-order valence-electron chi connectivity index (χ0n) is 23.3. The fraction of sp³-hybridized carbons (Fsp3) is 0.233. The lowest BCUT2D eigenvalue weighted by Gasteiger charge is -2.14. The van der Waals surface area contributed by atoms with Gasteiger partial charge < -0.3 is 4.98 Å². The van der Waals surface area contributed by atoms with Crippen molar-refractivity contribution in [3.05, 3.63) is 78.1 Å². The van der Waals surface area contributed by atoms with E-state index in [1.54, 1.807) is 24.5 Å². The molecule has 11 nitrogen and oxygen atoms in total. The lowest BCUT2D eigenvalue weighted by Crippen LogP contribution is -2.21. The van der Waals surface area contributed by atoms with Crippen LogP contribution in [-0.4, -0.2) is 67.8 Å². The van der Waals surface area contributed by atoms with Crippen molar-refractivity contribution in [3.8, 4) is 33.8 Å². The summed E-state index contributed by atoms with van der Waals surface area (Å²) >= 11 is 0. The molecule has 0 bridgehead atoms. The number of aromatic amines is 2. The minimum atomic E-state index is -3.44. The quantitative estimate of drug-likeness (QED) is 0.234. The molecule has 3 N–H and O–H groups in total. The van der Waals surface area contributed by atoms with E-state index in [1.165, 1.54) is 25.0 Å². The third-order valence-corrected chi connectivity index (χ3v) is 8.23. The van der Waals surface area contributed by atoms with Gasteiger partial charge in [-0.2, -0.15) is 5.10 Å². The van der Waals surface area contributed by atoms with Crippen LogP contribution in [0, 0.1) is 5.82 Å². The van der Waals surface area contributed by atoms with Crippen molar-refractivity contribution in [1.29, 1.82) is 0 Å². The third kappa shape index (κ3) is 5.74. The van der Waals surface area contributed by atoms with E-state index in [0.29, 0.717) is 45.0 Å². The molecule has 6 aromatic rings. The molecule has 0 unspecified atom stereocenters. The van der Waals surface area contributed by atoms with E-state index in [4.69, 9.17) is 4.98 Å². The van der Waals surface area contributed by atoms with Crippen molar-refractivity contribution in [2.75, 3.05) is 19.3 Å². The Bertz CT molecular complexity index is 2080. The average Bonchev–Trinajstić information content (AvgIpc) is 3.75. The summed E-state index contributed by atoms with van der Waals surface area (Å²) < 4.78 is 40.1. The standard InChI is InChI=1S/C30H28FN9O2S/c1-43(41,42)35-14-18-8-20(11-23(31)10-18)24-4-5-33-29-26(24)36-30(37-29)27-25-12-22(16-34-28(25)39-38-27)21-9-19(13-32-15-21)17-40-6-2-3-7-40/h4-5,8-13,15-16,35H,2-3,6-7,14,17H2,1H3,(H,33,36,37)(H,34,38,39). The number of imidazole rings is 1. The molecule has 0 amide bonds. The molecule has 0 radical (unpaired) electrons.